The smallest absolute Gasteiger partial charge is 0.333 e. The molecule has 0 radical (unpaired) electrons. The fourth-order valence-electron chi connectivity index (χ4n) is 1.70. The lowest BCUT2D eigenvalue weighted by Gasteiger charge is -2.04. The van der Waals surface area contributed by atoms with E-state index in [1.165, 1.54) is 44.3 Å². The van der Waals surface area contributed by atoms with E-state index in [2.05, 4.69) is 6.58 Å². The van der Waals surface area contributed by atoms with E-state index < -0.39 is 0 Å². The van der Waals surface area contributed by atoms with Crippen LogP contribution < -0.4 is 0 Å². The zero-order valence-electron chi connectivity index (χ0n) is 13.3. The normalized spacial score (nSPS) is 10.6. The van der Waals surface area contributed by atoms with Crippen molar-refractivity contribution < 1.29 is 14.6 Å². The van der Waals surface area contributed by atoms with E-state index in [0.29, 0.717) is 18.8 Å². The number of thioether (sulfide) groups is 2. The van der Waals surface area contributed by atoms with Gasteiger partial charge in [-0.3, -0.25) is 0 Å². The van der Waals surface area contributed by atoms with Crippen molar-refractivity contribution >= 4 is 29.5 Å². The highest BCUT2D eigenvalue weighted by Crippen LogP contribution is 2.11. The summed E-state index contributed by atoms with van der Waals surface area (Å²) in [6.45, 7) is 6.00. The molecule has 5 heteroatoms. The molecule has 3 nitrogen and oxygen atoms in total. The summed E-state index contributed by atoms with van der Waals surface area (Å²) in [6.07, 6.45) is 7.76. The first-order valence-corrected chi connectivity index (χ1v) is 10.1. The molecule has 0 aliphatic rings. The molecule has 0 aromatic heterocycles. The van der Waals surface area contributed by atoms with E-state index in [1.54, 1.807) is 6.92 Å². The fourth-order valence-corrected chi connectivity index (χ4v) is 3.26. The van der Waals surface area contributed by atoms with Crippen LogP contribution in [0.25, 0.3) is 0 Å². The number of aliphatic hydroxyl groups is 1. The molecule has 0 saturated heterocycles. The lowest BCUT2D eigenvalue weighted by Crippen LogP contribution is -2.07. The van der Waals surface area contributed by atoms with E-state index >= 15 is 0 Å². The van der Waals surface area contributed by atoms with Gasteiger partial charge in [0.05, 0.1) is 6.61 Å². The lowest BCUT2D eigenvalue weighted by molar-refractivity contribution is -0.138. The summed E-state index contributed by atoms with van der Waals surface area (Å²) in [5.41, 5.74) is 0.467. The first kappa shape index (κ1) is 20.9. The van der Waals surface area contributed by atoms with E-state index in [9.17, 15) is 4.79 Å². The molecule has 0 amide bonds. The summed E-state index contributed by atoms with van der Waals surface area (Å²) in [6, 6.07) is 0. The zero-order chi connectivity index (χ0) is 15.8. The number of carbonyl (C=O) groups excluding carboxylic acids is 1. The minimum absolute atomic E-state index is 0.284. The van der Waals surface area contributed by atoms with E-state index in [0.717, 1.165) is 17.3 Å². The van der Waals surface area contributed by atoms with E-state index in [1.807, 2.05) is 23.5 Å². The molecule has 0 fully saturated rings. The summed E-state index contributed by atoms with van der Waals surface area (Å²) < 4.78 is 5.03. The number of ether oxygens (including phenoxy) is 1. The van der Waals surface area contributed by atoms with Gasteiger partial charge in [-0.2, -0.15) is 23.5 Å². The predicted molar refractivity (Wildman–Crippen MR) is 95.2 cm³/mol. The van der Waals surface area contributed by atoms with Crippen LogP contribution in [-0.4, -0.2) is 47.3 Å². The van der Waals surface area contributed by atoms with E-state index in [-0.39, 0.29) is 5.97 Å². The van der Waals surface area contributed by atoms with Gasteiger partial charge in [0.2, 0.25) is 0 Å². The highest BCUT2D eigenvalue weighted by atomic mass is 32.2. The quantitative estimate of drug-likeness (QED) is 0.279. The van der Waals surface area contributed by atoms with Crippen LogP contribution in [0.1, 0.15) is 45.4 Å². The second-order valence-electron chi connectivity index (χ2n) is 4.99. The van der Waals surface area contributed by atoms with Crippen LogP contribution in [0.3, 0.4) is 0 Å². The first-order valence-electron chi connectivity index (χ1n) is 7.77. The molecule has 0 spiro atoms. The van der Waals surface area contributed by atoms with Crippen molar-refractivity contribution in [3.8, 4) is 0 Å². The molecule has 0 atom stereocenters. The molecule has 0 aromatic rings. The zero-order valence-corrected chi connectivity index (χ0v) is 14.9. The Hall–Kier alpha value is -0.130. The Morgan fingerprint density at radius 1 is 0.952 bits per heavy atom. The minimum Gasteiger partial charge on any atom is -0.461 e. The Balaban J connectivity index is 3.06. The van der Waals surface area contributed by atoms with E-state index in [4.69, 9.17) is 9.84 Å². The fraction of sp³-hybridized carbons (Fsp3) is 0.812. The molecule has 0 heterocycles. The summed E-state index contributed by atoms with van der Waals surface area (Å²) in [4.78, 5) is 11.1. The molecule has 0 aromatic carbocycles. The molecular weight excluding hydrogens is 304 g/mol. The second kappa shape index (κ2) is 16.2. The second-order valence-corrected chi connectivity index (χ2v) is 7.44. The molecule has 1 N–H and O–H groups in total. The van der Waals surface area contributed by atoms with Crippen LogP contribution in [0.15, 0.2) is 12.2 Å². The van der Waals surface area contributed by atoms with Crippen molar-refractivity contribution in [2.24, 2.45) is 0 Å². The van der Waals surface area contributed by atoms with Crippen molar-refractivity contribution in [1.82, 2.24) is 0 Å². The van der Waals surface area contributed by atoms with Crippen molar-refractivity contribution in [1.29, 1.82) is 0 Å². The van der Waals surface area contributed by atoms with Crippen LogP contribution in [0.2, 0.25) is 0 Å². The summed E-state index contributed by atoms with van der Waals surface area (Å²) in [5.74, 6) is 3.80. The molecule has 0 aliphatic heterocycles. The number of unbranched alkanes of at least 4 members (excludes halogenated alkanes) is 5. The van der Waals surface area contributed by atoms with Crippen molar-refractivity contribution in [2.45, 2.75) is 45.4 Å². The van der Waals surface area contributed by atoms with Gasteiger partial charge < -0.3 is 9.84 Å². The number of hydrogen-bond acceptors (Lipinski definition) is 5. The maximum absolute atomic E-state index is 11.1. The third-order valence-corrected chi connectivity index (χ3v) is 4.95. The minimum atomic E-state index is -0.284. The average molecular weight is 335 g/mol. The topological polar surface area (TPSA) is 46.5 Å². The number of hydrogen-bond donors (Lipinski definition) is 1. The van der Waals surface area contributed by atoms with Gasteiger partial charge in [0, 0.05) is 17.1 Å². The molecule has 0 aliphatic carbocycles. The van der Waals surface area contributed by atoms with Gasteiger partial charge in [-0.25, -0.2) is 4.79 Å². The molecule has 124 valence electrons. The summed E-state index contributed by atoms with van der Waals surface area (Å²) in [7, 11) is 0. The first-order chi connectivity index (χ1) is 10.2. The molecule has 0 saturated carbocycles. The standard InChI is InChI=1S/C16H30O3S2/c1-15(2)16(18)19-10-14-21-12-8-6-4-3-5-7-11-20-13-9-17/h17H,1,3-14H2,2H3. The SMILES string of the molecule is C=C(C)C(=O)OCCSCCCCCCCCSCCO. The van der Waals surface area contributed by atoms with Crippen LogP contribution in [0.4, 0.5) is 0 Å². The molecule has 0 rings (SSSR count). The molecule has 21 heavy (non-hydrogen) atoms. The van der Waals surface area contributed by atoms with Gasteiger partial charge in [0.25, 0.3) is 0 Å². The van der Waals surface area contributed by atoms with Crippen LogP contribution >= 0.6 is 23.5 Å². The highest BCUT2D eigenvalue weighted by Gasteiger charge is 2.01. The van der Waals surface area contributed by atoms with Gasteiger partial charge in [0.15, 0.2) is 0 Å². The number of esters is 1. The Morgan fingerprint density at radius 2 is 1.48 bits per heavy atom. The van der Waals surface area contributed by atoms with Gasteiger partial charge in [-0.05, 0) is 31.3 Å². The number of carbonyl (C=O) groups is 1. The van der Waals surface area contributed by atoms with Crippen LogP contribution in [0, 0.1) is 0 Å². The molecule has 0 unspecified atom stereocenters. The van der Waals surface area contributed by atoms with Gasteiger partial charge in [-0.15, -0.1) is 0 Å². The summed E-state index contributed by atoms with van der Waals surface area (Å²) in [5, 5.41) is 8.64. The van der Waals surface area contributed by atoms with Crippen molar-refractivity contribution in [3.05, 3.63) is 12.2 Å². The Bertz CT molecular complexity index is 270. The maximum Gasteiger partial charge on any atom is 0.333 e. The highest BCUT2D eigenvalue weighted by molar-refractivity contribution is 7.99. The largest absolute Gasteiger partial charge is 0.461 e. The summed E-state index contributed by atoms with van der Waals surface area (Å²) >= 11 is 3.69. The third-order valence-electron chi connectivity index (χ3n) is 2.87. The van der Waals surface area contributed by atoms with Crippen LogP contribution in [-0.2, 0) is 9.53 Å². The van der Waals surface area contributed by atoms with Crippen molar-refractivity contribution in [3.63, 3.8) is 0 Å². The Morgan fingerprint density at radius 3 is 2.00 bits per heavy atom. The lowest BCUT2D eigenvalue weighted by atomic mass is 10.1. The van der Waals surface area contributed by atoms with Gasteiger partial charge in [-0.1, -0.05) is 32.3 Å². The number of aliphatic hydroxyl groups excluding tert-OH is 1. The van der Waals surface area contributed by atoms with Gasteiger partial charge in [0.1, 0.15) is 6.61 Å². The molecule has 0 bridgehead atoms. The Kier molecular flexibility index (Phi) is 16.1. The van der Waals surface area contributed by atoms with Gasteiger partial charge >= 0.3 is 5.97 Å². The third kappa shape index (κ3) is 16.1. The Labute approximate surface area is 138 Å². The number of rotatable bonds is 15. The van der Waals surface area contributed by atoms with Crippen molar-refractivity contribution in [2.75, 3.05) is 36.2 Å². The monoisotopic (exact) mass is 334 g/mol. The predicted octanol–water partition coefficient (Wildman–Crippen LogP) is 3.91. The maximum atomic E-state index is 11.1. The molecular formula is C16H30O3S2. The van der Waals surface area contributed by atoms with Crippen LogP contribution in [0.5, 0.6) is 0 Å². The average Bonchev–Trinajstić information content (AvgIpc) is 2.47.